The SMILES string of the molecule is CN=C(NCCC(=O)Nc1cc(Br)ccc1C)NCCn1cccc1. The molecule has 0 saturated carbocycles. The van der Waals surface area contributed by atoms with Gasteiger partial charge in [-0.3, -0.25) is 9.79 Å². The van der Waals surface area contributed by atoms with Gasteiger partial charge in [-0.15, -0.1) is 0 Å². The Bertz CT molecular complexity index is 712. The highest BCUT2D eigenvalue weighted by molar-refractivity contribution is 9.10. The maximum Gasteiger partial charge on any atom is 0.226 e. The van der Waals surface area contributed by atoms with Crippen molar-refractivity contribution in [2.45, 2.75) is 19.9 Å². The van der Waals surface area contributed by atoms with Crippen LogP contribution in [0.2, 0.25) is 0 Å². The molecule has 134 valence electrons. The lowest BCUT2D eigenvalue weighted by Crippen LogP contribution is -2.40. The number of aryl methyl sites for hydroxylation is 1. The zero-order valence-electron chi connectivity index (χ0n) is 14.6. The number of hydrogen-bond donors (Lipinski definition) is 3. The van der Waals surface area contributed by atoms with Crippen molar-refractivity contribution in [1.29, 1.82) is 0 Å². The van der Waals surface area contributed by atoms with Gasteiger partial charge < -0.3 is 20.5 Å². The number of aromatic nitrogens is 1. The van der Waals surface area contributed by atoms with E-state index in [1.165, 1.54) is 0 Å². The number of carbonyl (C=O) groups excluding carboxylic acids is 1. The minimum Gasteiger partial charge on any atom is -0.356 e. The first-order valence-corrected chi connectivity index (χ1v) is 8.99. The molecule has 25 heavy (non-hydrogen) atoms. The van der Waals surface area contributed by atoms with Gasteiger partial charge in [0.05, 0.1) is 0 Å². The van der Waals surface area contributed by atoms with Gasteiger partial charge in [-0.25, -0.2) is 0 Å². The molecule has 0 spiro atoms. The Balaban J connectivity index is 1.69. The Morgan fingerprint density at radius 2 is 1.92 bits per heavy atom. The van der Waals surface area contributed by atoms with Gasteiger partial charge >= 0.3 is 0 Å². The van der Waals surface area contributed by atoms with Crippen LogP contribution in [0.25, 0.3) is 0 Å². The number of nitrogens with zero attached hydrogens (tertiary/aromatic N) is 2. The normalized spacial score (nSPS) is 11.2. The van der Waals surface area contributed by atoms with Crippen molar-refractivity contribution in [1.82, 2.24) is 15.2 Å². The summed E-state index contributed by atoms with van der Waals surface area (Å²) in [7, 11) is 1.72. The van der Waals surface area contributed by atoms with Gasteiger partial charge in [0.25, 0.3) is 0 Å². The van der Waals surface area contributed by atoms with Gasteiger partial charge in [0.2, 0.25) is 5.91 Å². The second kappa shape index (κ2) is 9.88. The number of benzene rings is 1. The minimum atomic E-state index is -0.0310. The summed E-state index contributed by atoms with van der Waals surface area (Å²) in [6.07, 6.45) is 4.41. The summed E-state index contributed by atoms with van der Waals surface area (Å²) in [4.78, 5) is 16.2. The molecule has 1 amide bonds. The number of aliphatic imine (C=N–C) groups is 1. The van der Waals surface area contributed by atoms with Crippen molar-refractivity contribution in [3.05, 3.63) is 52.8 Å². The van der Waals surface area contributed by atoms with Crippen LogP contribution in [0, 0.1) is 6.92 Å². The topological polar surface area (TPSA) is 70.4 Å². The molecule has 0 saturated heterocycles. The third-order valence-electron chi connectivity index (χ3n) is 3.67. The van der Waals surface area contributed by atoms with Crippen molar-refractivity contribution in [3.63, 3.8) is 0 Å². The van der Waals surface area contributed by atoms with E-state index in [1.807, 2.05) is 49.6 Å². The fourth-order valence-corrected chi connectivity index (χ4v) is 2.64. The Hall–Kier alpha value is -2.28. The first kappa shape index (κ1) is 19.1. The van der Waals surface area contributed by atoms with Gasteiger partial charge in [-0.05, 0) is 36.8 Å². The average molecular weight is 406 g/mol. The Morgan fingerprint density at radius 3 is 2.64 bits per heavy atom. The van der Waals surface area contributed by atoms with Crippen LogP contribution < -0.4 is 16.0 Å². The maximum atomic E-state index is 12.1. The van der Waals surface area contributed by atoms with Crippen molar-refractivity contribution in [2.75, 3.05) is 25.5 Å². The molecule has 6 nitrogen and oxygen atoms in total. The standard InChI is InChI=1S/C18H24BrN5O/c1-14-5-6-15(19)13-16(14)23-17(25)7-8-21-18(20-2)22-9-12-24-10-3-4-11-24/h3-6,10-11,13H,7-9,12H2,1-2H3,(H,23,25)(H2,20,21,22). The predicted molar refractivity (Wildman–Crippen MR) is 106 cm³/mol. The second-order valence-corrected chi connectivity index (χ2v) is 6.52. The van der Waals surface area contributed by atoms with Crippen molar-refractivity contribution in [2.24, 2.45) is 4.99 Å². The number of amides is 1. The van der Waals surface area contributed by atoms with Gasteiger partial charge in [0.1, 0.15) is 0 Å². The summed E-state index contributed by atoms with van der Waals surface area (Å²) in [6.45, 7) is 4.10. The highest BCUT2D eigenvalue weighted by Crippen LogP contribution is 2.20. The fourth-order valence-electron chi connectivity index (χ4n) is 2.28. The summed E-state index contributed by atoms with van der Waals surface area (Å²) in [6, 6.07) is 9.82. The third kappa shape index (κ3) is 6.62. The molecule has 1 aromatic carbocycles. The van der Waals surface area contributed by atoms with E-state index in [0.29, 0.717) is 18.9 Å². The van der Waals surface area contributed by atoms with Crippen LogP contribution in [0.1, 0.15) is 12.0 Å². The first-order valence-electron chi connectivity index (χ1n) is 8.20. The van der Waals surface area contributed by atoms with Crippen LogP contribution in [-0.4, -0.2) is 36.6 Å². The van der Waals surface area contributed by atoms with Crippen molar-refractivity contribution >= 4 is 33.5 Å². The fraction of sp³-hybridized carbons (Fsp3) is 0.333. The third-order valence-corrected chi connectivity index (χ3v) is 4.16. The molecule has 0 radical (unpaired) electrons. The monoisotopic (exact) mass is 405 g/mol. The Labute approximate surface area is 156 Å². The minimum absolute atomic E-state index is 0.0310. The molecule has 0 aliphatic heterocycles. The number of hydrogen-bond acceptors (Lipinski definition) is 2. The molecule has 2 rings (SSSR count). The van der Waals surface area contributed by atoms with Crippen LogP contribution in [0.15, 0.2) is 52.2 Å². The van der Waals surface area contributed by atoms with Gasteiger partial charge in [0.15, 0.2) is 5.96 Å². The Kier molecular flexibility index (Phi) is 7.53. The number of nitrogens with one attached hydrogen (secondary N) is 3. The highest BCUT2D eigenvalue weighted by atomic mass is 79.9. The van der Waals surface area contributed by atoms with Crippen molar-refractivity contribution in [3.8, 4) is 0 Å². The maximum absolute atomic E-state index is 12.1. The Morgan fingerprint density at radius 1 is 1.20 bits per heavy atom. The lowest BCUT2D eigenvalue weighted by atomic mass is 10.2. The molecule has 1 heterocycles. The molecule has 7 heteroatoms. The number of anilines is 1. The van der Waals surface area contributed by atoms with E-state index in [-0.39, 0.29) is 5.91 Å². The van der Waals surface area contributed by atoms with Gasteiger partial charge in [0, 0.05) is 55.7 Å². The zero-order valence-corrected chi connectivity index (χ0v) is 16.1. The quantitative estimate of drug-likeness (QED) is 0.489. The molecule has 0 atom stereocenters. The summed E-state index contributed by atoms with van der Waals surface area (Å²) in [5.74, 6) is 0.662. The lowest BCUT2D eigenvalue weighted by molar-refractivity contribution is -0.116. The van der Waals surface area contributed by atoms with Gasteiger partial charge in [-0.1, -0.05) is 22.0 Å². The van der Waals surface area contributed by atoms with Crippen LogP contribution >= 0.6 is 15.9 Å². The molecule has 3 N–H and O–H groups in total. The van der Waals surface area contributed by atoms with E-state index in [0.717, 1.165) is 28.8 Å². The van der Waals surface area contributed by atoms with Crippen LogP contribution in [-0.2, 0) is 11.3 Å². The highest BCUT2D eigenvalue weighted by Gasteiger charge is 2.06. The largest absolute Gasteiger partial charge is 0.356 e. The molecule has 0 fully saturated rings. The smallest absolute Gasteiger partial charge is 0.226 e. The van der Waals surface area contributed by atoms with E-state index < -0.39 is 0 Å². The zero-order chi connectivity index (χ0) is 18.1. The molecule has 2 aromatic rings. The van der Waals surface area contributed by atoms with E-state index in [2.05, 4.69) is 41.4 Å². The molecule has 0 bridgehead atoms. The molecular weight excluding hydrogens is 382 g/mol. The molecule has 0 aliphatic carbocycles. The van der Waals surface area contributed by atoms with E-state index in [4.69, 9.17) is 0 Å². The number of guanidine groups is 1. The van der Waals surface area contributed by atoms with E-state index in [9.17, 15) is 4.79 Å². The molecule has 1 aromatic heterocycles. The summed E-state index contributed by atoms with van der Waals surface area (Å²) < 4.78 is 3.03. The number of carbonyl (C=O) groups is 1. The average Bonchev–Trinajstić information content (AvgIpc) is 3.10. The first-order chi connectivity index (χ1) is 12.1. The summed E-state index contributed by atoms with van der Waals surface area (Å²) in [5, 5.41) is 9.31. The molecule has 0 aliphatic rings. The number of halogens is 1. The predicted octanol–water partition coefficient (Wildman–Crippen LogP) is 2.75. The van der Waals surface area contributed by atoms with Crippen molar-refractivity contribution < 1.29 is 4.79 Å². The van der Waals surface area contributed by atoms with E-state index >= 15 is 0 Å². The second-order valence-electron chi connectivity index (χ2n) is 5.60. The number of rotatable bonds is 7. The van der Waals surface area contributed by atoms with Gasteiger partial charge in [-0.2, -0.15) is 0 Å². The molecule has 0 unspecified atom stereocenters. The van der Waals surface area contributed by atoms with Crippen LogP contribution in [0.3, 0.4) is 0 Å². The summed E-state index contributed by atoms with van der Waals surface area (Å²) >= 11 is 3.42. The van der Waals surface area contributed by atoms with Crippen LogP contribution in [0.5, 0.6) is 0 Å². The lowest BCUT2D eigenvalue weighted by Gasteiger charge is -2.13. The molecular formula is C18H24BrN5O. The van der Waals surface area contributed by atoms with E-state index in [1.54, 1.807) is 7.05 Å². The summed E-state index contributed by atoms with van der Waals surface area (Å²) in [5.41, 5.74) is 1.86. The van der Waals surface area contributed by atoms with Crippen LogP contribution in [0.4, 0.5) is 5.69 Å².